The number of esters is 1. The first-order chi connectivity index (χ1) is 28.1. The van der Waals surface area contributed by atoms with E-state index < -0.39 is 12.0 Å². The number of benzene rings is 1. The van der Waals surface area contributed by atoms with E-state index in [4.69, 9.17) is 4.74 Å². The van der Waals surface area contributed by atoms with Crippen LogP contribution in [0, 0.1) is 29.1 Å². The number of hydrogen-bond donors (Lipinski definition) is 3. The van der Waals surface area contributed by atoms with Gasteiger partial charge in [-0.2, -0.15) is 0 Å². The van der Waals surface area contributed by atoms with Gasteiger partial charge in [0.15, 0.2) is 0 Å². The van der Waals surface area contributed by atoms with Crippen molar-refractivity contribution in [3.05, 3.63) is 64.6 Å². The number of aliphatic hydroxyl groups is 1. The van der Waals surface area contributed by atoms with Gasteiger partial charge >= 0.3 is 5.97 Å². The van der Waals surface area contributed by atoms with E-state index in [-0.39, 0.29) is 54.0 Å². The minimum atomic E-state index is -0.910. The number of unbranched alkanes of at least 4 members (excludes halogenated alkanes) is 1. The summed E-state index contributed by atoms with van der Waals surface area (Å²) in [7, 11) is 5.42. The molecule has 12 heteroatoms. The predicted molar refractivity (Wildman–Crippen MR) is 249 cm³/mol. The van der Waals surface area contributed by atoms with Crippen molar-refractivity contribution < 1.29 is 29.0 Å². The zero-order valence-corrected chi connectivity index (χ0v) is 40.6. The van der Waals surface area contributed by atoms with Gasteiger partial charge in [-0.3, -0.25) is 24.1 Å². The number of rotatable bonds is 23. The van der Waals surface area contributed by atoms with E-state index in [9.17, 15) is 24.3 Å². The van der Waals surface area contributed by atoms with Crippen molar-refractivity contribution in [1.29, 1.82) is 0 Å². The number of likely N-dealkylation sites (N-methyl/N-ethyl adjacent to an activating group) is 2. The van der Waals surface area contributed by atoms with Crippen LogP contribution in [0.4, 0.5) is 0 Å². The lowest BCUT2D eigenvalue weighted by Gasteiger charge is -2.33. The number of carbonyl (C=O) groups excluding carboxylic acids is 4. The minimum absolute atomic E-state index is 0.0662. The maximum absolute atomic E-state index is 13.2. The van der Waals surface area contributed by atoms with Gasteiger partial charge in [0.25, 0.3) is 5.91 Å². The molecule has 4 unspecified atom stereocenters. The molecule has 2 aromatic rings. The molecule has 0 spiro atoms. The maximum Gasteiger partial charge on any atom is 0.309 e. The average Bonchev–Trinajstić information content (AvgIpc) is 3.68. The first kappa shape index (κ1) is 56.4. The fraction of sp³-hybridized carbons (Fsp3) is 0.688. The Hall–Kier alpha value is -3.61. The zero-order valence-electron chi connectivity index (χ0n) is 39.8. The summed E-state index contributed by atoms with van der Waals surface area (Å²) in [5, 5.41) is 18.7. The predicted octanol–water partition coefficient (Wildman–Crippen LogP) is 9.13. The molecular weight excluding hydrogens is 775 g/mol. The number of amides is 3. The summed E-state index contributed by atoms with van der Waals surface area (Å²) in [6, 6.07) is 9.26. The molecule has 1 heterocycles. The fourth-order valence-electron chi connectivity index (χ4n) is 6.74. The molecular formula is C48H83N5O6S. The Morgan fingerprint density at radius 1 is 1.00 bits per heavy atom. The number of carbonyl (C=O) groups is 4. The van der Waals surface area contributed by atoms with Crippen LogP contribution < -0.4 is 10.6 Å². The van der Waals surface area contributed by atoms with Gasteiger partial charge in [-0.15, -0.1) is 11.3 Å². The van der Waals surface area contributed by atoms with E-state index in [2.05, 4.69) is 77.6 Å². The smallest absolute Gasteiger partial charge is 0.309 e. The van der Waals surface area contributed by atoms with Gasteiger partial charge in [0.2, 0.25) is 11.8 Å². The third-order valence-corrected chi connectivity index (χ3v) is 11.0. The third-order valence-electron chi connectivity index (χ3n) is 10.0. The Morgan fingerprint density at radius 3 is 2.13 bits per heavy atom. The summed E-state index contributed by atoms with van der Waals surface area (Å²) in [5.74, 6) is 0.295. The Labute approximate surface area is 368 Å². The van der Waals surface area contributed by atoms with Crippen molar-refractivity contribution in [3.63, 3.8) is 0 Å². The van der Waals surface area contributed by atoms with Crippen LogP contribution >= 0.6 is 11.3 Å². The maximum atomic E-state index is 13.2. The molecule has 0 radical (unpaired) electrons. The molecule has 0 aliphatic rings. The van der Waals surface area contributed by atoms with Gasteiger partial charge in [-0.05, 0) is 68.0 Å². The molecule has 2 rings (SSSR count). The number of ether oxygens (including phenoxy) is 1. The normalized spacial score (nSPS) is 13.8. The van der Waals surface area contributed by atoms with Crippen LogP contribution in [0.1, 0.15) is 148 Å². The van der Waals surface area contributed by atoms with E-state index in [0.29, 0.717) is 48.6 Å². The molecule has 0 bridgehead atoms. The number of nitrogens with one attached hydrogen (secondary N) is 2. The van der Waals surface area contributed by atoms with Crippen LogP contribution in [0.2, 0.25) is 0 Å². The summed E-state index contributed by atoms with van der Waals surface area (Å²) < 4.78 is 5.19. The van der Waals surface area contributed by atoms with Crippen LogP contribution in [-0.2, 0) is 25.5 Å². The summed E-state index contributed by atoms with van der Waals surface area (Å²) in [6.45, 7) is 28.7. The Balaban J connectivity index is 0.00000150. The van der Waals surface area contributed by atoms with Crippen molar-refractivity contribution in [2.24, 2.45) is 29.1 Å². The Kier molecular flexibility index (Phi) is 28.6. The summed E-state index contributed by atoms with van der Waals surface area (Å²) >= 11 is 1.22. The SMILES string of the molecule is C=CCOC(=O)C(C)CC(Cc1ccccc1)NC(=O)c1csc(C(O)CC(C(C)C)N(C)C(=O)C[C@@H](C)CC)n1.CC(C)CC(C)(C)C.CCCCN(C)CC(=O)NC. The van der Waals surface area contributed by atoms with Crippen molar-refractivity contribution in [2.75, 3.05) is 40.8 Å². The van der Waals surface area contributed by atoms with E-state index in [0.717, 1.165) is 30.9 Å². The van der Waals surface area contributed by atoms with Crippen molar-refractivity contribution >= 4 is 35.0 Å². The van der Waals surface area contributed by atoms with E-state index in [1.807, 2.05) is 56.1 Å². The molecule has 0 fully saturated rings. The molecule has 1 aromatic heterocycles. The standard InChI is InChI=1S/C32H47N3O5S.C8H18N2O.C8H18/c1-8-15-40-32(39)23(6)17-25(18-24-13-11-10-12-14-24)33-30(38)26-20-41-31(34-26)28(36)19-27(21(3)4)35(7)29(37)16-22(5)9-2;1-4-5-6-10(3)7-8(11)9-2;1-7(2)6-8(3,4)5/h8,10-14,20-23,25,27-28,36H,1,9,15-19H2,2-7H3,(H,33,38);4-7H2,1-3H3,(H,9,11);7H,6H2,1-5H3/t22-,23?,25?,27?,28?;;/m0../s1. The second kappa shape index (κ2) is 30.4. The molecule has 60 heavy (non-hydrogen) atoms. The molecule has 342 valence electrons. The summed E-state index contributed by atoms with van der Waals surface area (Å²) in [6.07, 6.45) is 6.95. The van der Waals surface area contributed by atoms with Crippen molar-refractivity contribution in [1.82, 2.24) is 25.4 Å². The largest absolute Gasteiger partial charge is 0.461 e. The van der Waals surface area contributed by atoms with Crippen LogP contribution in [0.3, 0.4) is 0 Å². The van der Waals surface area contributed by atoms with Crippen LogP contribution in [0.25, 0.3) is 0 Å². The highest BCUT2D eigenvalue weighted by Gasteiger charge is 2.29. The highest BCUT2D eigenvalue weighted by atomic mass is 32.1. The molecule has 1 aromatic carbocycles. The molecule has 11 nitrogen and oxygen atoms in total. The number of hydrogen-bond acceptors (Lipinski definition) is 9. The third kappa shape index (κ3) is 25.2. The molecule has 0 saturated heterocycles. The monoisotopic (exact) mass is 858 g/mol. The van der Waals surface area contributed by atoms with E-state index in [1.165, 1.54) is 30.3 Å². The summed E-state index contributed by atoms with van der Waals surface area (Å²) in [5.41, 5.74) is 1.77. The lowest BCUT2D eigenvalue weighted by atomic mass is 9.86. The lowest BCUT2D eigenvalue weighted by molar-refractivity contribution is -0.147. The molecule has 3 amide bonds. The van der Waals surface area contributed by atoms with Gasteiger partial charge in [-0.25, -0.2) is 4.98 Å². The van der Waals surface area contributed by atoms with Gasteiger partial charge in [0, 0.05) is 44.4 Å². The molecule has 0 aliphatic carbocycles. The lowest BCUT2D eigenvalue weighted by Crippen LogP contribution is -2.42. The quantitative estimate of drug-likeness (QED) is 0.0743. The number of aliphatic hydroxyl groups excluding tert-OH is 1. The van der Waals surface area contributed by atoms with Gasteiger partial charge in [0.05, 0.1) is 12.5 Å². The zero-order chi connectivity index (χ0) is 46.0. The highest BCUT2D eigenvalue weighted by Crippen LogP contribution is 2.28. The van der Waals surface area contributed by atoms with Gasteiger partial charge in [-0.1, -0.05) is 132 Å². The molecule has 0 aliphatic heterocycles. The first-order valence-corrected chi connectivity index (χ1v) is 22.9. The second-order valence-electron chi connectivity index (χ2n) is 18.2. The number of nitrogens with zero attached hydrogens (tertiary/aromatic N) is 3. The van der Waals surface area contributed by atoms with Crippen LogP contribution in [-0.4, -0.2) is 96.5 Å². The first-order valence-electron chi connectivity index (χ1n) is 22.0. The van der Waals surface area contributed by atoms with Crippen molar-refractivity contribution in [3.8, 4) is 0 Å². The van der Waals surface area contributed by atoms with Crippen LogP contribution in [0.5, 0.6) is 0 Å². The fourth-order valence-corrected chi connectivity index (χ4v) is 7.53. The average molecular weight is 858 g/mol. The van der Waals surface area contributed by atoms with E-state index >= 15 is 0 Å². The number of thiazole rings is 1. The minimum Gasteiger partial charge on any atom is -0.461 e. The molecule has 0 saturated carbocycles. The Morgan fingerprint density at radius 2 is 1.63 bits per heavy atom. The van der Waals surface area contributed by atoms with Gasteiger partial charge < -0.3 is 25.4 Å². The van der Waals surface area contributed by atoms with Gasteiger partial charge in [0.1, 0.15) is 23.4 Å². The van der Waals surface area contributed by atoms with Crippen LogP contribution in [0.15, 0.2) is 48.4 Å². The molecule has 3 N–H and O–H groups in total. The van der Waals surface area contributed by atoms with E-state index in [1.54, 1.807) is 31.3 Å². The Bertz CT molecular complexity index is 1510. The number of aromatic nitrogens is 1. The topological polar surface area (TPSA) is 141 Å². The van der Waals surface area contributed by atoms with Crippen molar-refractivity contribution in [2.45, 2.75) is 146 Å². The summed E-state index contributed by atoms with van der Waals surface area (Å²) in [4.78, 5) is 57.5. The second-order valence-corrected chi connectivity index (χ2v) is 19.1. The molecule has 5 atom stereocenters. The highest BCUT2D eigenvalue weighted by molar-refractivity contribution is 7.09.